The maximum atomic E-state index is 15.2. The Morgan fingerprint density at radius 1 is 0.469 bits per heavy atom. The first-order valence-corrected chi connectivity index (χ1v) is 44.9. The Morgan fingerprint density at radius 2 is 0.814 bits per heavy atom. The number of ketones is 2. The third kappa shape index (κ3) is 24.1. The Labute approximate surface area is 676 Å². The van der Waals surface area contributed by atoms with E-state index in [-0.39, 0.29) is 71.0 Å². The van der Waals surface area contributed by atoms with Crippen LogP contribution in [0.4, 0.5) is 28.9 Å². The molecule has 0 unspecified atom stereocenters. The normalized spacial score (nSPS) is 13.3. The molecule has 1 saturated heterocycles. The van der Waals surface area contributed by atoms with E-state index in [0.717, 1.165) is 59.4 Å². The highest BCUT2D eigenvalue weighted by molar-refractivity contribution is 9.11. The number of hydrogen-bond donors (Lipinski definition) is 7. The minimum atomic E-state index is -4.05. The number of rotatable bonds is 21. The summed E-state index contributed by atoms with van der Waals surface area (Å²) in [7, 11) is -18.4. The lowest BCUT2D eigenvalue weighted by Crippen LogP contribution is -2.41. The van der Waals surface area contributed by atoms with E-state index >= 15 is 4.39 Å². The summed E-state index contributed by atoms with van der Waals surface area (Å²) in [5.74, 6) is -9.67. The Hall–Kier alpha value is -8.96. The van der Waals surface area contributed by atoms with Gasteiger partial charge >= 0.3 is 7.12 Å². The molecule has 602 valence electrons. The number of sulfonamides is 5. The average molecular weight is 1900 g/mol. The molecule has 11 rings (SSSR count). The Morgan fingerprint density at radius 3 is 1.18 bits per heavy atom. The number of amides is 3. The third-order valence-corrected chi connectivity index (χ3v) is 25.8. The molecule has 0 aliphatic carbocycles. The van der Waals surface area contributed by atoms with Gasteiger partial charge in [-0.1, -0.05) is 70.0 Å². The SMILES string of the molecule is CC(=O)NS(=O)(=O)c1ccc(B2OC(C)(C)C(C)(C)O2)cc1.CC(=O)NS(=O)(=O)c1ccc(Br)cc1.CCCS(=O)(=O)Nc1ccc(F)c(C(=O)c2[nH]nc3ncc(-c4ccc(S(=O)(=O)NC(C)=O)cc4)cc23)c1F.CCCS(=O)(=O)Nc1ccc(F)c(C(=O)c2[nH]nc3ncc(Br)cc23)c1F.O=S(=O)(Cl)c1ccc(Br)cc1. The first-order valence-electron chi connectivity index (χ1n) is 32.4. The fourth-order valence-corrected chi connectivity index (χ4v) is 16.6. The van der Waals surface area contributed by atoms with Crippen molar-refractivity contribution in [2.24, 2.45) is 0 Å². The number of nitrogens with zero attached hydrogens (tertiary/aromatic N) is 4. The van der Waals surface area contributed by atoms with Crippen molar-refractivity contribution >= 4 is 193 Å². The molecule has 4 aromatic heterocycles. The van der Waals surface area contributed by atoms with E-state index in [4.69, 9.17) is 20.0 Å². The average Bonchev–Trinajstić information content (AvgIpc) is 1.68. The fraction of sp³-hybridized carbons (Fsp3) is 0.221. The first kappa shape index (κ1) is 91.2. The van der Waals surface area contributed by atoms with Crippen LogP contribution < -0.4 is 29.1 Å². The monoisotopic (exact) mass is 1890 g/mol. The largest absolute Gasteiger partial charge is 0.494 e. The molecule has 0 bridgehead atoms. The Balaban J connectivity index is 0.000000209. The van der Waals surface area contributed by atoms with Gasteiger partial charge in [0.15, 0.2) is 22.9 Å². The summed E-state index contributed by atoms with van der Waals surface area (Å²) in [5.41, 5.74) is -2.46. The quantitative estimate of drug-likeness (QED) is 0.0152. The number of anilines is 2. The van der Waals surface area contributed by atoms with E-state index in [1.807, 2.05) is 51.3 Å². The number of carbonyl (C=O) groups excluding carboxylic acids is 5. The molecule has 0 saturated carbocycles. The fourth-order valence-electron chi connectivity index (χ4n) is 9.75. The lowest BCUT2D eigenvalue weighted by molar-refractivity contribution is -0.118. The third-order valence-electron chi connectivity index (χ3n) is 15.6. The molecule has 1 fully saturated rings. The van der Waals surface area contributed by atoms with Crippen LogP contribution >= 0.6 is 58.5 Å². The number of H-pyrrole nitrogens is 2. The van der Waals surface area contributed by atoms with Crippen molar-refractivity contribution in [2.45, 2.75) is 106 Å². The van der Waals surface area contributed by atoms with Crippen molar-refractivity contribution in [3.8, 4) is 11.1 Å². The van der Waals surface area contributed by atoms with Gasteiger partial charge in [0.05, 0.1) is 75.6 Å². The van der Waals surface area contributed by atoms with Crippen molar-refractivity contribution in [1.82, 2.24) is 44.5 Å². The van der Waals surface area contributed by atoms with E-state index in [1.54, 1.807) is 50.2 Å². The van der Waals surface area contributed by atoms with E-state index in [0.29, 0.717) is 22.0 Å². The maximum absolute atomic E-state index is 15.2. The molecule has 3 amide bonds. The lowest BCUT2D eigenvalue weighted by atomic mass is 9.79. The number of fused-ring (bicyclic) bond motifs is 2. The second-order valence-electron chi connectivity index (χ2n) is 24.9. The van der Waals surface area contributed by atoms with Crippen molar-refractivity contribution in [2.75, 3.05) is 20.9 Å². The van der Waals surface area contributed by atoms with Crippen LogP contribution in [-0.2, 0) is 82.9 Å². The predicted molar refractivity (Wildman–Crippen MR) is 422 cm³/mol. The van der Waals surface area contributed by atoms with Crippen LogP contribution in [0.2, 0.25) is 0 Å². The molecule has 30 nitrogen and oxygen atoms in total. The van der Waals surface area contributed by atoms with Crippen LogP contribution in [0.25, 0.3) is 33.2 Å². The van der Waals surface area contributed by atoms with Crippen molar-refractivity contribution in [3.63, 3.8) is 0 Å². The van der Waals surface area contributed by atoms with Gasteiger partial charge in [-0.3, -0.25) is 43.6 Å². The molecule has 0 radical (unpaired) electrons. The Bertz CT molecular complexity index is 6020. The van der Waals surface area contributed by atoms with Crippen molar-refractivity contribution in [3.05, 3.63) is 205 Å². The van der Waals surface area contributed by atoms with Gasteiger partial charge in [-0.2, -0.15) is 10.2 Å². The lowest BCUT2D eigenvalue weighted by Gasteiger charge is -2.32. The molecule has 1 aliphatic rings. The molecule has 45 heteroatoms. The molecular formula is C68H66BBr3ClF4N11O19S6. The maximum Gasteiger partial charge on any atom is 0.494 e. The standard InChI is InChI=1S/C24H21F2N5O6S2.C16H13BrF2N4O3S.C14H20BNO5S.C8H8BrNO3S.C6H4BrClO2S/c1-3-10-38(34,35)31-19-9-8-18(25)20(21(19)26)23(33)22-17-11-15(12-27-24(17)29-28-22)14-4-6-16(7-5-14)39(36,37)30-13(2)32;1-2-5-27(25,26)23-11-4-3-10(18)12(13(11)19)15(24)14-9-6-8(17)7-20-16(9)22-21-14;1-10(17)16-22(18,19)12-8-6-11(7-9-12)15-20-13(2,3)14(4,5)21-15;1-6(11)10-14(12,13)8-4-2-7(9)3-5-8;7-5-1-3-6(4-2-5)11(8,9)10/h4-9,11-12,31H,3,10H2,1-2H3,(H,30,32)(H,27,28,29);3-4,6-7,23H,2,5H2,1H3,(H,20,21,22);6-9H,1-5H3,(H,16,17);2-5H,1H3,(H,10,11);1-4H. The molecule has 7 N–H and O–H groups in total. The topological polar surface area (TPSA) is 452 Å². The van der Waals surface area contributed by atoms with Gasteiger partial charge in [-0.05, 0) is 177 Å². The smallest absolute Gasteiger partial charge is 0.399 e. The molecule has 113 heavy (non-hydrogen) atoms. The van der Waals surface area contributed by atoms with E-state index < -0.39 is 153 Å². The number of pyridine rings is 2. The van der Waals surface area contributed by atoms with Crippen LogP contribution in [-0.4, -0.2) is 140 Å². The second kappa shape index (κ2) is 37.1. The van der Waals surface area contributed by atoms with Crippen LogP contribution in [0, 0.1) is 23.3 Å². The summed E-state index contributed by atoms with van der Waals surface area (Å²) in [6.45, 7) is 14.4. The summed E-state index contributed by atoms with van der Waals surface area (Å²) in [4.78, 5) is 66.8. The molecule has 1 aliphatic heterocycles. The number of aromatic nitrogens is 6. The molecule has 6 aromatic carbocycles. The molecule has 5 heterocycles. The van der Waals surface area contributed by atoms with Crippen LogP contribution in [0.1, 0.15) is 107 Å². The minimum Gasteiger partial charge on any atom is -0.399 e. The van der Waals surface area contributed by atoms with Gasteiger partial charge in [0, 0.05) is 62.8 Å². The highest BCUT2D eigenvalue weighted by Gasteiger charge is 2.52. The highest BCUT2D eigenvalue weighted by Crippen LogP contribution is 2.37. The summed E-state index contributed by atoms with van der Waals surface area (Å²) in [6, 6.07) is 30.1. The number of aromatic amines is 2. The van der Waals surface area contributed by atoms with Gasteiger partial charge in [0.2, 0.25) is 49.3 Å². The zero-order valence-corrected chi connectivity index (χ0v) is 70.7. The zero-order valence-electron chi connectivity index (χ0n) is 60.3. The van der Waals surface area contributed by atoms with Gasteiger partial charge in [-0.15, -0.1) is 0 Å². The van der Waals surface area contributed by atoms with E-state index in [1.165, 1.54) is 85.2 Å². The van der Waals surface area contributed by atoms with Gasteiger partial charge < -0.3 is 9.31 Å². The van der Waals surface area contributed by atoms with Gasteiger partial charge in [-0.25, -0.2) is 92.2 Å². The number of benzene rings is 6. The molecule has 10 aromatic rings. The zero-order chi connectivity index (χ0) is 84.3. The van der Waals surface area contributed by atoms with Crippen LogP contribution in [0.5, 0.6) is 0 Å². The number of halogens is 8. The predicted octanol–water partition coefficient (Wildman–Crippen LogP) is 11.0. The van der Waals surface area contributed by atoms with Crippen LogP contribution in [0.3, 0.4) is 0 Å². The molecule has 0 atom stereocenters. The van der Waals surface area contributed by atoms with E-state index in [9.17, 15) is 87.7 Å². The van der Waals surface area contributed by atoms with Gasteiger partial charge in [0.25, 0.3) is 39.1 Å². The highest BCUT2D eigenvalue weighted by atomic mass is 79.9. The molecule has 0 spiro atoms. The Kier molecular flexibility index (Phi) is 30.0. The number of hydrogen-bond acceptors (Lipinski definition) is 23. The summed E-state index contributed by atoms with van der Waals surface area (Å²) < 4.78 is 223. The van der Waals surface area contributed by atoms with Crippen LogP contribution in [0.15, 0.2) is 179 Å². The summed E-state index contributed by atoms with van der Waals surface area (Å²) in [6.07, 6.45) is 3.43. The van der Waals surface area contributed by atoms with E-state index in [2.05, 4.69) is 78.2 Å². The van der Waals surface area contributed by atoms with Gasteiger partial charge in [0.1, 0.15) is 23.0 Å². The number of carbonyl (C=O) groups is 5. The summed E-state index contributed by atoms with van der Waals surface area (Å²) in [5, 5.41) is 13.0. The number of nitrogens with one attached hydrogen (secondary N) is 7. The van der Waals surface area contributed by atoms with Crippen molar-refractivity contribution in [1.29, 1.82) is 0 Å². The summed E-state index contributed by atoms with van der Waals surface area (Å²) >= 11 is 9.56. The first-order chi connectivity index (χ1) is 52.4. The van der Waals surface area contributed by atoms with Crippen molar-refractivity contribution < 1.29 is 101 Å². The molecular weight excluding hydrogens is 1830 g/mol. The minimum absolute atomic E-state index is 0.0166. The second-order valence-corrected chi connectivity index (χ2v) is 38.9.